The fourth-order valence-corrected chi connectivity index (χ4v) is 1.70. The van der Waals surface area contributed by atoms with Crippen LogP contribution in [0, 0.1) is 5.92 Å². The number of rotatable bonds is 2. The summed E-state index contributed by atoms with van der Waals surface area (Å²) < 4.78 is 0. The molecule has 1 aliphatic rings. The Bertz CT molecular complexity index is 275. The molecule has 1 aliphatic heterocycles. The Labute approximate surface area is 76.7 Å². The van der Waals surface area contributed by atoms with Gasteiger partial charge in [0, 0.05) is 12.1 Å². The van der Waals surface area contributed by atoms with Gasteiger partial charge in [-0.1, -0.05) is 0 Å². The molecule has 0 bridgehead atoms. The van der Waals surface area contributed by atoms with Crippen LogP contribution >= 0.6 is 0 Å². The predicted octanol–water partition coefficient (Wildman–Crippen LogP) is 0.592. The van der Waals surface area contributed by atoms with Crippen molar-refractivity contribution in [3.8, 4) is 0 Å². The Balaban J connectivity index is 2.04. The van der Waals surface area contributed by atoms with E-state index in [0.717, 1.165) is 25.9 Å². The fourth-order valence-electron chi connectivity index (χ4n) is 1.70. The van der Waals surface area contributed by atoms with Crippen LogP contribution < -0.4 is 5.32 Å². The molecule has 1 saturated heterocycles. The fraction of sp³-hybridized carbons (Fsp3) is 0.556. The minimum Gasteiger partial charge on any atom is -0.317 e. The maximum Gasteiger partial charge on any atom is 0.183 e. The molecule has 2 heterocycles. The number of aromatic nitrogens is 2. The van der Waals surface area contributed by atoms with Crippen molar-refractivity contribution in [1.82, 2.24) is 15.5 Å². The summed E-state index contributed by atoms with van der Waals surface area (Å²) in [6, 6.07) is 1.74. The van der Waals surface area contributed by atoms with Crippen molar-refractivity contribution in [2.45, 2.75) is 12.8 Å². The highest BCUT2D eigenvalue weighted by molar-refractivity contribution is 5.96. The summed E-state index contributed by atoms with van der Waals surface area (Å²) in [5.74, 6) is 0.390. The van der Waals surface area contributed by atoms with Gasteiger partial charge in [-0.25, -0.2) is 0 Å². The normalized spacial score (nSPS) is 18.8. The quantitative estimate of drug-likeness (QED) is 0.653. The third kappa shape index (κ3) is 1.78. The minimum absolute atomic E-state index is 0.182. The zero-order valence-corrected chi connectivity index (χ0v) is 7.42. The number of aromatic amines is 1. The van der Waals surface area contributed by atoms with E-state index in [9.17, 15) is 4.79 Å². The first-order valence-electron chi connectivity index (χ1n) is 4.62. The third-order valence-electron chi connectivity index (χ3n) is 2.48. The van der Waals surface area contributed by atoms with E-state index in [2.05, 4.69) is 15.5 Å². The molecule has 0 aliphatic carbocycles. The van der Waals surface area contributed by atoms with E-state index in [1.807, 2.05) is 0 Å². The summed E-state index contributed by atoms with van der Waals surface area (Å²) in [5.41, 5.74) is 0.645. The zero-order valence-electron chi connectivity index (χ0n) is 7.42. The molecule has 2 N–H and O–H groups in total. The Morgan fingerprint density at radius 2 is 2.23 bits per heavy atom. The molecule has 1 aromatic rings. The Morgan fingerprint density at radius 1 is 1.46 bits per heavy atom. The van der Waals surface area contributed by atoms with Gasteiger partial charge in [0.1, 0.15) is 5.69 Å². The summed E-state index contributed by atoms with van der Waals surface area (Å²) in [7, 11) is 0. The van der Waals surface area contributed by atoms with Crippen LogP contribution in [0.25, 0.3) is 0 Å². The van der Waals surface area contributed by atoms with E-state index < -0.39 is 0 Å². The number of hydrogen-bond acceptors (Lipinski definition) is 3. The maximum atomic E-state index is 11.8. The first kappa shape index (κ1) is 8.44. The molecule has 4 nitrogen and oxygen atoms in total. The smallest absolute Gasteiger partial charge is 0.183 e. The van der Waals surface area contributed by atoms with E-state index in [0.29, 0.717) is 5.69 Å². The van der Waals surface area contributed by atoms with Crippen molar-refractivity contribution in [1.29, 1.82) is 0 Å². The van der Waals surface area contributed by atoms with Gasteiger partial charge < -0.3 is 5.32 Å². The van der Waals surface area contributed by atoms with E-state index in [-0.39, 0.29) is 11.7 Å². The van der Waals surface area contributed by atoms with Crippen LogP contribution in [0.4, 0.5) is 0 Å². The molecule has 13 heavy (non-hydrogen) atoms. The lowest BCUT2D eigenvalue weighted by Gasteiger charge is -2.20. The molecule has 0 unspecified atom stereocenters. The van der Waals surface area contributed by atoms with Gasteiger partial charge in [0.15, 0.2) is 5.78 Å². The van der Waals surface area contributed by atoms with Crippen LogP contribution in [0.1, 0.15) is 23.3 Å². The number of H-pyrrole nitrogens is 1. The maximum absolute atomic E-state index is 11.8. The van der Waals surface area contributed by atoms with Crippen LogP contribution in [-0.2, 0) is 0 Å². The molecule has 0 saturated carbocycles. The lowest BCUT2D eigenvalue weighted by molar-refractivity contribution is 0.0890. The average Bonchev–Trinajstić information content (AvgIpc) is 2.71. The highest BCUT2D eigenvalue weighted by Crippen LogP contribution is 2.16. The third-order valence-corrected chi connectivity index (χ3v) is 2.48. The first-order valence-corrected chi connectivity index (χ1v) is 4.62. The molecule has 0 amide bonds. The van der Waals surface area contributed by atoms with Gasteiger partial charge in [-0.05, 0) is 32.0 Å². The summed E-state index contributed by atoms with van der Waals surface area (Å²) in [6.07, 6.45) is 3.50. The molecular weight excluding hydrogens is 166 g/mol. The number of Topliss-reactive ketones (excluding diaryl/α,β-unsaturated/α-hetero) is 1. The molecule has 0 radical (unpaired) electrons. The Hall–Kier alpha value is -1.16. The molecule has 70 valence electrons. The molecule has 4 heteroatoms. The van der Waals surface area contributed by atoms with Crippen molar-refractivity contribution >= 4 is 5.78 Å². The molecule has 0 atom stereocenters. The van der Waals surface area contributed by atoms with Crippen LogP contribution in [0.15, 0.2) is 12.3 Å². The van der Waals surface area contributed by atoms with Gasteiger partial charge in [0.2, 0.25) is 0 Å². The highest BCUT2D eigenvalue weighted by atomic mass is 16.1. The van der Waals surface area contributed by atoms with Crippen LogP contribution in [0.5, 0.6) is 0 Å². The molecule has 0 spiro atoms. The van der Waals surface area contributed by atoms with Gasteiger partial charge in [0.25, 0.3) is 0 Å². The number of nitrogens with zero attached hydrogens (tertiary/aromatic N) is 1. The molecule has 0 aromatic carbocycles. The first-order chi connectivity index (χ1) is 6.38. The average molecular weight is 179 g/mol. The van der Waals surface area contributed by atoms with Gasteiger partial charge in [-0.3, -0.25) is 9.89 Å². The largest absolute Gasteiger partial charge is 0.317 e. The number of nitrogens with one attached hydrogen (secondary N) is 2. The number of hydrogen-bond donors (Lipinski definition) is 2. The minimum atomic E-state index is 0.182. The van der Waals surface area contributed by atoms with E-state index >= 15 is 0 Å². The SMILES string of the molecule is O=C(c1ccn[nH]1)C1CCNCC1. The molecule has 1 fully saturated rings. The van der Waals surface area contributed by atoms with Gasteiger partial charge >= 0.3 is 0 Å². The van der Waals surface area contributed by atoms with Gasteiger partial charge in [-0.15, -0.1) is 0 Å². The van der Waals surface area contributed by atoms with E-state index in [4.69, 9.17) is 0 Å². The summed E-state index contributed by atoms with van der Waals surface area (Å²) in [6.45, 7) is 1.90. The summed E-state index contributed by atoms with van der Waals surface area (Å²) in [4.78, 5) is 11.8. The molecule has 2 rings (SSSR count). The second-order valence-corrected chi connectivity index (χ2v) is 3.36. The van der Waals surface area contributed by atoms with Crippen LogP contribution in [0.2, 0.25) is 0 Å². The second kappa shape index (κ2) is 3.70. The lowest BCUT2D eigenvalue weighted by Crippen LogP contribution is -2.32. The van der Waals surface area contributed by atoms with Crippen molar-refractivity contribution in [3.05, 3.63) is 18.0 Å². The van der Waals surface area contributed by atoms with E-state index in [1.54, 1.807) is 12.3 Å². The Morgan fingerprint density at radius 3 is 2.85 bits per heavy atom. The summed E-state index contributed by atoms with van der Waals surface area (Å²) >= 11 is 0. The number of piperidine rings is 1. The molecular formula is C9H13N3O. The number of carbonyl (C=O) groups excluding carboxylic acids is 1. The molecule has 1 aromatic heterocycles. The summed E-state index contributed by atoms with van der Waals surface area (Å²) in [5, 5.41) is 9.73. The standard InChI is InChI=1S/C9H13N3O/c13-9(8-3-6-11-12-8)7-1-4-10-5-2-7/h3,6-7,10H,1-2,4-5H2,(H,11,12). The number of ketones is 1. The van der Waals surface area contributed by atoms with Crippen molar-refractivity contribution < 1.29 is 4.79 Å². The predicted molar refractivity (Wildman–Crippen MR) is 48.5 cm³/mol. The van der Waals surface area contributed by atoms with Crippen LogP contribution in [-0.4, -0.2) is 29.1 Å². The van der Waals surface area contributed by atoms with Crippen molar-refractivity contribution in [3.63, 3.8) is 0 Å². The Kier molecular flexibility index (Phi) is 2.40. The number of carbonyl (C=O) groups is 1. The zero-order chi connectivity index (χ0) is 9.10. The lowest BCUT2D eigenvalue weighted by atomic mass is 9.92. The van der Waals surface area contributed by atoms with Gasteiger partial charge in [-0.2, -0.15) is 5.10 Å². The highest BCUT2D eigenvalue weighted by Gasteiger charge is 2.22. The van der Waals surface area contributed by atoms with Crippen LogP contribution in [0.3, 0.4) is 0 Å². The van der Waals surface area contributed by atoms with Crippen molar-refractivity contribution in [2.75, 3.05) is 13.1 Å². The van der Waals surface area contributed by atoms with Crippen molar-refractivity contribution in [2.24, 2.45) is 5.92 Å². The second-order valence-electron chi connectivity index (χ2n) is 3.36. The topological polar surface area (TPSA) is 57.8 Å². The van der Waals surface area contributed by atoms with Gasteiger partial charge in [0.05, 0.1) is 0 Å². The van der Waals surface area contributed by atoms with E-state index in [1.165, 1.54) is 0 Å². The monoisotopic (exact) mass is 179 g/mol.